The Morgan fingerprint density at radius 3 is 2.31 bits per heavy atom. The molecule has 0 aliphatic heterocycles. The standard InChI is InChI=1S/C19H14Cl2F3NO4/c20-13-6-5-11(9-14(13)21)16(26)10-29-18(28)8-7-17(27)25-15-4-2-1-3-12(15)19(22,23)24/h1-6,9H,7-8,10H2,(H,25,27). The number of ether oxygens (including phenoxy) is 1. The number of Topliss-reactive ketones (excluding diaryl/α,β-unsaturated/α-hetero) is 1. The molecule has 0 spiro atoms. The summed E-state index contributed by atoms with van der Waals surface area (Å²) in [5.74, 6) is -2.17. The number of carbonyl (C=O) groups excluding carboxylic acids is 3. The van der Waals surface area contributed by atoms with E-state index in [4.69, 9.17) is 27.9 Å². The SMILES string of the molecule is O=C(CCC(=O)OCC(=O)c1ccc(Cl)c(Cl)c1)Nc1ccccc1C(F)(F)F. The molecule has 1 amide bonds. The third-order valence-corrected chi connectivity index (χ3v) is 4.41. The van der Waals surface area contributed by atoms with Gasteiger partial charge in [-0.25, -0.2) is 0 Å². The zero-order chi connectivity index (χ0) is 21.6. The second kappa shape index (κ2) is 9.76. The molecule has 0 aliphatic rings. The molecule has 1 N–H and O–H groups in total. The molecule has 2 rings (SSSR count). The van der Waals surface area contributed by atoms with Crippen LogP contribution >= 0.6 is 23.2 Å². The van der Waals surface area contributed by atoms with Gasteiger partial charge in [0.15, 0.2) is 12.4 Å². The molecule has 0 saturated carbocycles. The molecule has 5 nitrogen and oxygen atoms in total. The molecule has 2 aromatic carbocycles. The summed E-state index contributed by atoms with van der Waals surface area (Å²) in [4.78, 5) is 35.5. The molecule has 0 atom stereocenters. The van der Waals surface area contributed by atoms with E-state index in [1.807, 2.05) is 0 Å². The summed E-state index contributed by atoms with van der Waals surface area (Å²) in [7, 11) is 0. The van der Waals surface area contributed by atoms with Crippen LogP contribution in [0, 0.1) is 0 Å². The number of halogens is 5. The average Bonchev–Trinajstić information content (AvgIpc) is 2.66. The quantitative estimate of drug-likeness (QED) is 0.470. The normalized spacial score (nSPS) is 11.1. The highest BCUT2D eigenvalue weighted by molar-refractivity contribution is 6.42. The van der Waals surface area contributed by atoms with Crippen LogP contribution < -0.4 is 5.32 Å². The molecule has 0 heterocycles. The smallest absolute Gasteiger partial charge is 0.418 e. The third-order valence-electron chi connectivity index (χ3n) is 3.67. The molecule has 29 heavy (non-hydrogen) atoms. The number of alkyl halides is 3. The summed E-state index contributed by atoms with van der Waals surface area (Å²) in [6, 6.07) is 8.63. The first-order chi connectivity index (χ1) is 13.6. The van der Waals surface area contributed by atoms with E-state index < -0.39 is 54.5 Å². The summed E-state index contributed by atoms with van der Waals surface area (Å²) >= 11 is 11.6. The number of esters is 1. The van der Waals surface area contributed by atoms with E-state index in [0.29, 0.717) is 0 Å². The molecule has 0 saturated heterocycles. The van der Waals surface area contributed by atoms with Gasteiger partial charge in [0.25, 0.3) is 0 Å². The van der Waals surface area contributed by atoms with Crippen LogP contribution in [0.25, 0.3) is 0 Å². The largest absolute Gasteiger partial charge is 0.457 e. The van der Waals surface area contributed by atoms with Crippen LogP contribution in [-0.2, 0) is 20.5 Å². The van der Waals surface area contributed by atoms with E-state index in [-0.39, 0.29) is 15.6 Å². The van der Waals surface area contributed by atoms with Crippen molar-refractivity contribution in [3.05, 3.63) is 63.6 Å². The van der Waals surface area contributed by atoms with E-state index in [1.54, 1.807) is 0 Å². The minimum absolute atomic E-state index is 0.166. The first-order valence-electron chi connectivity index (χ1n) is 8.18. The average molecular weight is 448 g/mol. The topological polar surface area (TPSA) is 72.5 Å². The maximum absolute atomic E-state index is 12.9. The molecule has 154 valence electrons. The highest BCUT2D eigenvalue weighted by Gasteiger charge is 2.33. The number of hydrogen-bond donors (Lipinski definition) is 1. The Kier molecular flexibility index (Phi) is 7.64. The predicted octanol–water partition coefficient (Wildman–Crippen LogP) is 5.16. The van der Waals surface area contributed by atoms with Crippen molar-refractivity contribution in [3.8, 4) is 0 Å². The Morgan fingerprint density at radius 1 is 0.966 bits per heavy atom. The summed E-state index contributed by atoms with van der Waals surface area (Å²) in [5.41, 5.74) is -1.22. The van der Waals surface area contributed by atoms with Crippen LogP contribution in [0.2, 0.25) is 10.0 Å². The van der Waals surface area contributed by atoms with Crippen LogP contribution in [0.5, 0.6) is 0 Å². The second-order valence-electron chi connectivity index (χ2n) is 5.80. The van der Waals surface area contributed by atoms with Crippen molar-refractivity contribution in [2.45, 2.75) is 19.0 Å². The van der Waals surface area contributed by atoms with E-state index in [2.05, 4.69) is 5.32 Å². The number of ketones is 1. The highest BCUT2D eigenvalue weighted by Crippen LogP contribution is 2.34. The van der Waals surface area contributed by atoms with Gasteiger partial charge in [0.1, 0.15) is 0 Å². The van der Waals surface area contributed by atoms with Crippen LogP contribution in [0.3, 0.4) is 0 Å². The Labute approximate surface area is 173 Å². The van der Waals surface area contributed by atoms with Crippen LogP contribution in [-0.4, -0.2) is 24.3 Å². The van der Waals surface area contributed by atoms with E-state index in [0.717, 1.165) is 12.1 Å². The van der Waals surface area contributed by atoms with E-state index in [1.165, 1.54) is 30.3 Å². The van der Waals surface area contributed by atoms with Crippen molar-refractivity contribution in [1.29, 1.82) is 0 Å². The molecule has 0 bridgehead atoms. The molecule has 0 unspecified atom stereocenters. The summed E-state index contributed by atoms with van der Waals surface area (Å²) in [6.07, 6.45) is -5.45. The van der Waals surface area contributed by atoms with Gasteiger partial charge < -0.3 is 10.1 Å². The van der Waals surface area contributed by atoms with Crippen molar-refractivity contribution >= 4 is 46.5 Å². The summed E-state index contributed by atoms with van der Waals surface area (Å²) in [5, 5.41) is 2.54. The molecule has 0 radical (unpaired) electrons. The fraction of sp³-hybridized carbons (Fsp3) is 0.211. The predicted molar refractivity (Wildman–Crippen MR) is 101 cm³/mol. The van der Waals surface area contributed by atoms with Gasteiger partial charge in [-0.05, 0) is 30.3 Å². The van der Waals surface area contributed by atoms with Crippen LogP contribution in [0.15, 0.2) is 42.5 Å². The Bertz CT molecular complexity index is 932. The number of rotatable bonds is 7. The number of anilines is 1. The van der Waals surface area contributed by atoms with Crippen molar-refractivity contribution in [2.24, 2.45) is 0 Å². The Balaban J connectivity index is 1.83. The van der Waals surface area contributed by atoms with Gasteiger partial charge in [0.2, 0.25) is 5.91 Å². The second-order valence-corrected chi connectivity index (χ2v) is 6.62. The fourth-order valence-corrected chi connectivity index (χ4v) is 2.54. The van der Waals surface area contributed by atoms with Gasteiger partial charge in [0.05, 0.1) is 27.7 Å². The minimum Gasteiger partial charge on any atom is -0.457 e. The van der Waals surface area contributed by atoms with Gasteiger partial charge in [-0.15, -0.1) is 0 Å². The summed E-state index contributed by atoms with van der Waals surface area (Å²) in [6.45, 7) is -0.574. The number of carbonyl (C=O) groups is 3. The lowest BCUT2D eigenvalue weighted by atomic mass is 10.1. The zero-order valence-electron chi connectivity index (χ0n) is 14.7. The minimum atomic E-state index is -4.63. The van der Waals surface area contributed by atoms with Crippen molar-refractivity contribution < 1.29 is 32.3 Å². The molecule has 0 fully saturated rings. The van der Waals surface area contributed by atoms with Gasteiger partial charge >= 0.3 is 12.1 Å². The Morgan fingerprint density at radius 2 is 1.66 bits per heavy atom. The van der Waals surface area contributed by atoms with Crippen LogP contribution in [0.4, 0.5) is 18.9 Å². The van der Waals surface area contributed by atoms with Gasteiger partial charge in [-0.3, -0.25) is 14.4 Å². The number of para-hydroxylation sites is 1. The fourth-order valence-electron chi connectivity index (χ4n) is 2.24. The molecule has 0 aromatic heterocycles. The molecular formula is C19H14Cl2F3NO4. The summed E-state index contributed by atoms with van der Waals surface area (Å²) < 4.78 is 43.5. The first-order valence-corrected chi connectivity index (χ1v) is 8.93. The zero-order valence-corrected chi connectivity index (χ0v) is 16.2. The van der Waals surface area contributed by atoms with Gasteiger partial charge in [-0.1, -0.05) is 35.3 Å². The van der Waals surface area contributed by atoms with Gasteiger partial charge in [-0.2, -0.15) is 13.2 Å². The van der Waals surface area contributed by atoms with Crippen LogP contribution in [0.1, 0.15) is 28.8 Å². The lowest BCUT2D eigenvalue weighted by Crippen LogP contribution is -2.19. The molecular weight excluding hydrogens is 434 g/mol. The van der Waals surface area contributed by atoms with Crippen molar-refractivity contribution in [1.82, 2.24) is 0 Å². The molecule has 2 aromatic rings. The molecule has 10 heteroatoms. The number of amides is 1. The van der Waals surface area contributed by atoms with Gasteiger partial charge in [0, 0.05) is 12.0 Å². The number of benzene rings is 2. The highest BCUT2D eigenvalue weighted by atomic mass is 35.5. The third kappa shape index (κ3) is 6.76. The van der Waals surface area contributed by atoms with Crippen molar-refractivity contribution in [3.63, 3.8) is 0 Å². The maximum atomic E-state index is 12.9. The number of hydrogen-bond acceptors (Lipinski definition) is 4. The van der Waals surface area contributed by atoms with Crippen molar-refractivity contribution in [2.75, 3.05) is 11.9 Å². The Hall–Kier alpha value is -2.58. The molecule has 0 aliphatic carbocycles. The van der Waals surface area contributed by atoms with E-state index in [9.17, 15) is 27.6 Å². The van der Waals surface area contributed by atoms with E-state index >= 15 is 0 Å². The lowest BCUT2D eigenvalue weighted by molar-refractivity contribution is -0.143. The maximum Gasteiger partial charge on any atom is 0.418 e. The monoisotopic (exact) mass is 447 g/mol. The lowest BCUT2D eigenvalue weighted by Gasteiger charge is -2.13. The first kappa shape index (κ1) is 22.7. The number of nitrogens with one attached hydrogen (secondary N) is 1.